The summed E-state index contributed by atoms with van der Waals surface area (Å²) >= 11 is 6.14. The summed E-state index contributed by atoms with van der Waals surface area (Å²) in [5, 5.41) is 9.13. The topological polar surface area (TPSA) is 72.8 Å². The normalized spacial score (nSPS) is 11.9. The summed E-state index contributed by atoms with van der Waals surface area (Å²) in [6.07, 6.45) is -0.00783. The van der Waals surface area contributed by atoms with Gasteiger partial charge in [0, 0.05) is 11.9 Å². The van der Waals surface area contributed by atoms with Gasteiger partial charge in [-0.15, -0.1) is 0 Å². The van der Waals surface area contributed by atoms with Gasteiger partial charge in [-0.2, -0.15) is 0 Å². The van der Waals surface area contributed by atoms with Crippen LogP contribution in [0, 0.1) is 13.8 Å². The zero-order chi connectivity index (χ0) is 31.2. The van der Waals surface area contributed by atoms with Crippen molar-refractivity contribution in [3.8, 4) is 0 Å². The van der Waals surface area contributed by atoms with Crippen LogP contribution >= 0.6 is 11.6 Å². The fraction of sp³-hybridized carbons (Fsp3) is 0.412. The molecule has 2 aromatic carbocycles. The van der Waals surface area contributed by atoms with Crippen LogP contribution in [0.25, 0.3) is 11.1 Å². The van der Waals surface area contributed by atoms with E-state index in [1.165, 1.54) is 25.2 Å². The van der Waals surface area contributed by atoms with E-state index in [0.29, 0.717) is 16.2 Å². The lowest BCUT2D eigenvalue weighted by Crippen LogP contribution is -2.11. The summed E-state index contributed by atoms with van der Waals surface area (Å²) in [4.78, 5) is 23.8. The Hall–Kier alpha value is -3.15. The second kappa shape index (κ2) is 17.5. The SMILES string of the molecule is C=C(COC(C)=O)/C(CC(=O)OC)=C(\C(C)=C(/C)c1ccc(C)c(C)c1)c1ccc(Cl)cc1.CC.CC(C)(C)O. The molecule has 6 heteroatoms. The first kappa shape index (κ1) is 36.8. The Bertz CT molecular complexity index is 1210. The number of allylic oxidation sites excluding steroid dienone is 3. The Kier molecular flexibility index (Phi) is 16.1. The Balaban J connectivity index is 0.00000195. The number of aliphatic hydroxyl groups is 1. The summed E-state index contributed by atoms with van der Waals surface area (Å²) in [6.45, 7) is 22.9. The molecule has 2 aromatic rings. The van der Waals surface area contributed by atoms with Crippen molar-refractivity contribution in [1.82, 2.24) is 0 Å². The molecule has 0 saturated carbocycles. The second-order valence-electron chi connectivity index (χ2n) is 10.2. The van der Waals surface area contributed by atoms with Gasteiger partial charge in [0.05, 0.1) is 19.1 Å². The fourth-order valence-electron chi connectivity index (χ4n) is 3.49. The van der Waals surface area contributed by atoms with Gasteiger partial charge in [0.15, 0.2) is 0 Å². The number of halogens is 1. The highest BCUT2D eigenvalue weighted by atomic mass is 35.5. The van der Waals surface area contributed by atoms with E-state index in [-0.39, 0.29) is 13.0 Å². The molecule has 40 heavy (non-hydrogen) atoms. The van der Waals surface area contributed by atoms with Crippen molar-refractivity contribution in [3.63, 3.8) is 0 Å². The van der Waals surface area contributed by atoms with Crippen molar-refractivity contribution in [1.29, 1.82) is 0 Å². The molecule has 0 bridgehead atoms. The van der Waals surface area contributed by atoms with E-state index < -0.39 is 17.5 Å². The summed E-state index contributed by atoms with van der Waals surface area (Å²) in [6, 6.07) is 13.8. The molecule has 0 atom stereocenters. The lowest BCUT2D eigenvalue weighted by Gasteiger charge is -2.21. The number of hydrogen-bond acceptors (Lipinski definition) is 5. The number of carbonyl (C=O) groups is 2. The zero-order valence-electron chi connectivity index (χ0n) is 26.1. The van der Waals surface area contributed by atoms with Crippen LogP contribution in [0.5, 0.6) is 0 Å². The molecule has 0 fully saturated rings. The molecular formula is C34H47ClO5. The van der Waals surface area contributed by atoms with Gasteiger partial charge in [-0.3, -0.25) is 9.59 Å². The van der Waals surface area contributed by atoms with Gasteiger partial charge >= 0.3 is 11.9 Å². The molecule has 0 amide bonds. The molecular weight excluding hydrogens is 524 g/mol. The summed E-state index contributed by atoms with van der Waals surface area (Å²) in [7, 11) is 1.35. The average Bonchev–Trinajstić information content (AvgIpc) is 2.88. The number of esters is 2. The molecule has 0 aliphatic rings. The molecule has 0 radical (unpaired) electrons. The van der Waals surface area contributed by atoms with Gasteiger partial charge in [-0.25, -0.2) is 0 Å². The van der Waals surface area contributed by atoms with Crippen LogP contribution in [-0.4, -0.2) is 36.4 Å². The van der Waals surface area contributed by atoms with E-state index >= 15 is 0 Å². The minimum absolute atomic E-state index is 0.00783. The monoisotopic (exact) mass is 570 g/mol. The molecule has 2 rings (SSSR count). The van der Waals surface area contributed by atoms with Gasteiger partial charge in [0.2, 0.25) is 0 Å². The van der Waals surface area contributed by atoms with E-state index in [1.807, 2.05) is 32.9 Å². The Morgan fingerprint density at radius 2 is 1.43 bits per heavy atom. The van der Waals surface area contributed by atoms with E-state index in [2.05, 4.69) is 45.5 Å². The van der Waals surface area contributed by atoms with Crippen LogP contribution in [0.4, 0.5) is 0 Å². The van der Waals surface area contributed by atoms with Gasteiger partial charge in [0.1, 0.15) is 6.61 Å². The van der Waals surface area contributed by atoms with Crippen molar-refractivity contribution >= 4 is 34.7 Å². The molecule has 0 aliphatic carbocycles. The lowest BCUT2D eigenvalue weighted by atomic mass is 9.85. The van der Waals surface area contributed by atoms with Crippen molar-refractivity contribution in [2.24, 2.45) is 0 Å². The fourth-order valence-corrected chi connectivity index (χ4v) is 3.62. The second-order valence-corrected chi connectivity index (χ2v) is 10.7. The third-order valence-corrected chi connectivity index (χ3v) is 5.99. The number of methoxy groups -OCH3 is 1. The maximum absolute atomic E-state index is 12.4. The minimum Gasteiger partial charge on any atom is -0.469 e. The maximum atomic E-state index is 12.4. The van der Waals surface area contributed by atoms with Gasteiger partial charge in [-0.05, 0) is 111 Å². The number of benzene rings is 2. The quantitative estimate of drug-likeness (QED) is 0.254. The van der Waals surface area contributed by atoms with Gasteiger partial charge < -0.3 is 14.6 Å². The van der Waals surface area contributed by atoms with Crippen LogP contribution in [0.15, 0.2) is 65.8 Å². The molecule has 0 spiro atoms. The first-order chi connectivity index (χ1) is 18.5. The van der Waals surface area contributed by atoms with E-state index in [9.17, 15) is 9.59 Å². The summed E-state index contributed by atoms with van der Waals surface area (Å²) in [5.74, 6) is -0.822. The standard InChI is InChI=1S/C28H31ClO4.C4H10O.C2H6/c1-17-8-9-24(14-18(17)2)20(4)21(5)28(23-10-12-25(29)13-11-23)26(15-27(31)32-7)19(3)16-33-22(6)30;1-4(2,3)5;1-2/h8-14H,3,15-16H2,1-2,4-7H3;5H,1-3H3;1-2H3/b21-20+,28-26+;;. The predicted molar refractivity (Wildman–Crippen MR) is 168 cm³/mol. The van der Waals surface area contributed by atoms with Crippen LogP contribution in [0.2, 0.25) is 5.02 Å². The van der Waals surface area contributed by atoms with Crippen molar-refractivity contribution in [3.05, 3.63) is 93.0 Å². The lowest BCUT2D eigenvalue weighted by molar-refractivity contribution is -0.140. The third-order valence-electron chi connectivity index (χ3n) is 5.74. The maximum Gasteiger partial charge on any atom is 0.310 e. The highest BCUT2D eigenvalue weighted by molar-refractivity contribution is 6.30. The van der Waals surface area contributed by atoms with Crippen LogP contribution < -0.4 is 0 Å². The number of hydrogen-bond donors (Lipinski definition) is 1. The van der Waals surface area contributed by atoms with Crippen LogP contribution in [-0.2, 0) is 19.1 Å². The molecule has 0 heterocycles. The highest BCUT2D eigenvalue weighted by Crippen LogP contribution is 2.37. The molecule has 1 N–H and O–H groups in total. The molecule has 0 aliphatic heterocycles. The van der Waals surface area contributed by atoms with Crippen molar-refractivity contribution in [2.45, 2.75) is 81.3 Å². The Morgan fingerprint density at radius 3 is 1.88 bits per heavy atom. The highest BCUT2D eigenvalue weighted by Gasteiger charge is 2.20. The predicted octanol–water partition coefficient (Wildman–Crippen LogP) is 8.69. The molecule has 0 unspecified atom stereocenters. The van der Waals surface area contributed by atoms with Crippen LogP contribution in [0.3, 0.4) is 0 Å². The molecule has 0 aromatic heterocycles. The van der Waals surface area contributed by atoms with Crippen molar-refractivity contribution in [2.75, 3.05) is 13.7 Å². The molecule has 0 saturated heterocycles. The summed E-state index contributed by atoms with van der Waals surface area (Å²) in [5.41, 5.74) is 7.95. The van der Waals surface area contributed by atoms with Gasteiger partial charge in [-0.1, -0.05) is 62.4 Å². The largest absolute Gasteiger partial charge is 0.469 e. The summed E-state index contributed by atoms with van der Waals surface area (Å²) < 4.78 is 10.2. The van der Waals surface area contributed by atoms with Gasteiger partial charge in [0.25, 0.3) is 0 Å². The Labute approximate surface area is 246 Å². The van der Waals surface area contributed by atoms with E-state index in [0.717, 1.165) is 27.8 Å². The van der Waals surface area contributed by atoms with Crippen LogP contribution in [0.1, 0.15) is 84.1 Å². The van der Waals surface area contributed by atoms with E-state index in [1.54, 1.807) is 32.9 Å². The first-order valence-corrected chi connectivity index (χ1v) is 13.8. The number of ether oxygens (including phenoxy) is 2. The smallest absolute Gasteiger partial charge is 0.310 e. The molecule has 220 valence electrons. The Morgan fingerprint density at radius 1 is 0.925 bits per heavy atom. The number of rotatable bonds is 8. The number of aryl methyl sites for hydroxylation is 2. The first-order valence-electron chi connectivity index (χ1n) is 13.4. The van der Waals surface area contributed by atoms with E-state index in [4.69, 9.17) is 26.2 Å². The number of carbonyl (C=O) groups excluding carboxylic acids is 2. The average molecular weight is 571 g/mol. The molecule has 5 nitrogen and oxygen atoms in total. The zero-order valence-corrected chi connectivity index (χ0v) is 26.9. The van der Waals surface area contributed by atoms with Crippen molar-refractivity contribution < 1.29 is 24.2 Å². The minimum atomic E-state index is -0.500. The third kappa shape index (κ3) is 13.3.